The first kappa shape index (κ1) is 20.2. The number of hydrogen-bond acceptors (Lipinski definition) is 5. The highest BCUT2D eigenvalue weighted by Gasteiger charge is 2.21. The Morgan fingerprint density at radius 3 is 2.66 bits per heavy atom. The summed E-state index contributed by atoms with van der Waals surface area (Å²) in [6, 6.07) is 9.35. The van der Waals surface area contributed by atoms with Gasteiger partial charge in [-0.15, -0.1) is 11.3 Å². The van der Waals surface area contributed by atoms with E-state index in [4.69, 9.17) is 10.7 Å². The van der Waals surface area contributed by atoms with Crippen LogP contribution in [0.15, 0.2) is 40.8 Å². The molecule has 2 aliphatic rings. The fourth-order valence-electron chi connectivity index (χ4n) is 4.24. The first-order valence-electron chi connectivity index (χ1n) is 10.7. The maximum atomic E-state index is 6.35. The van der Waals surface area contributed by atoms with Crippen LogP contribution < -0.4 is 10.6 Å². The van der Waals surface area contributed by atoms with E-state index >= 15 is 0 Å². The van der Waals surface area contributed by atoms with Crippen LogP contribution in [0.3, 0.4) is 0 Å². The lowest BCUT2D eigenvalue weighted by Crippen LogP contribution is -2.51. The molecule has 2 saturated heterocycles. The number of piperazine rings is 1. The molecule has 0 aliphatic carbocycles. The smallest absolute Gasteiger partial charge is 0.191 e. The van der Waals surface area contributed by atoms with Crippen LogP contribution in [0.2, 0.25) is 0 Å². The summed E-state index contributed by atoms with van der Waals surface area (Å²) in [5.41, 5.74) is 9.02. The molecule has 0 amide bonds. The van der Waals surface area contributed by atoms with Gasteiger partial charge in [0.05, 0.1) is 6.54 Å². The molecule has 2 aliphatic heterocycles. The molecule has 0 spiro atoms. The number of nitrogens with two attached hydrogens (primary N) is 1. The predicted molar refractivity (Wildman–Crippen MR) is 121 cm³/mol. The van der Waals surface area contributed by atoms with Gasteiger partial charge >= 0.3 is 0 Å². The van der Waals surface area contributed by atoms with Crippen LogP contribution in [0.1, 0.15) is 37.3 Å². The Morgan fingerprint density at radius 2 is 1.93 bits per heavy atom. The summed E-state index contributed by atoms with van der Waals surface area (Å²) in [6.45, 7) is 8.87. The van der Waals surface area contributed by atoms with Crippen molar-refractivity contribution in [3.05, 3.63) is 47.0 Å². The van der Waals surface area contributed by atoms with E-state index in [1.54, 1.807) is 11.3 Å². The van der Waals surface area contributed by atoms with Crippen LogP contribution in [0.4, 0.5) is 5.13 Å². The Morgan fingerprint density at radius 1 is 1.14 bits per heavy atom. The number of thiazole rings is 1. The second-order valence-corrected chi connectivity index (χ2v) is 8.92. The van der Waals surface area contributed by atoms with Crippen LogP contribution in [0, 0.1) is 0 Å². The summed E-state index contributed by atoms with van der Waals surface area (Å²) in [5.74, 6) is 0.657. The summed E-state index contributed by atoms with van der Waals surface area (Å²) in [6.07, 6.45) is 5.84. The molecule has 6 nitrogen and oxygen atoms in total. The quantitative estimate of drug-likeness (QED) is 0.604. The highest BCUT2D eigenvalue weighted by Crippen LogP contribution is 2.22. The topological polar surface area (TPSA) is 61.0 Å². The molecule has 1 aromatic heterocycles. The third-order valence-corrected chi connectivity index (χ3v) is 6.97. The van der Waals surface area contributed by atoms with Gasteiger partial charge in [0.15, 0.2) is 11.1 Å². The normalized spacial score (nSPS) is 21.6. The Labute approximate surface area is 178 Å². The van der Waals surface area contributed by atoms with E-state index in [0.717, 1.165) is 37.9 Å². The van der Waals surface area contributed by atoms with Crippen LogP contribution >= 0.6 is 11.3 Å². The standard InChI is InChI=1S/C22H32N6S/c1-18-6-4-5-10-28(18)17-20-8-3-2-7-19(20)16-25-21(23)26-11-13-27(14-12-26)22-24-9-15-29-22/h2-3,7-9,15,18H,4-6,10-14,16-17H2,1H3,(H2,23,25). The lowest BCUT2D eigenvalue weighted by Gasteiger charge is -2.35. The monoisotopic (exact) mass is 412 g/mol. The average Bonchev–Trinajstić information content (AvgIpc) is 3.29. The highest BCUT2D eigenvalue weighted by atomic mass is 32.1. The van der Waals surface area contributed by atoms with E-state index in [0.29, 0.717) is 18.5 Å². The van der Waals surface area contributed by atoms with Gasteiger partial charge in [-0.1, -0.05) is 30.7 Å². The number of aromatic nitrogens is 1. The third-order valence-electron chi connectivity index (χ3n) is 6.14. The first-order chi connectivity index (χ1) is 14.2. The number of rotatable bonds is 5. The molecule has 0 bridgehead atoms. The van der Waals surface area contributed by atoms with Gasteiger partial charge in [-0.25, -0.2) is 9.98 Å². The van der Waals surface area contributed by atoms with Crippen LogP contribution in [0.5, 0.6) is 0 Å². The number of aliphatic imine (C=N–C) groups is 1. The third kappa shape index (κ3) is 5.08. The molecule has 1 unspecified atom stereocenters. The van der Waals surface area contributed by atoms with Gasteiger partial charge in [-0.2, -0.15) is 0 Å². The highest BCUT2D eigenvalue weighted by molar-refractivity contribution is 7.13. The molecule has 0 radical (unpaired) electrons. The second kappa shape index (κ2) is 9.59. The number of anilines is 1. The maximum absolute atomic E-state index is 6.35. The van der Waals surface area contributed by atoms with E-state index in [-0.39, 0.29) is 0 Å². The minimum atomic E-state index is 0.650. The van der Waals surface area contributed by atoms with Crippen molar-refractivity contribution in [3.63, 3.8) is 0 Å². The molecule has 0 saturated carbocycles. The molecule has 3 heterocycles. The minimum Gasteiger partial charge on any atom is -0.370 e. The van der Waals surface area contributed by atoms with Crippen LogP contribution in [-0.2, 0) is 13.1 Å². The Balaban J connectivity index is 1.35. The average molecular weight is 413 g/mol. The van der Waals surface area contributed by atoms with Crippen molar-refractivity contribution in [3.8, 4) is 0 Å². The molecule has 4 rings (SSSR count). The van der Waals surface area contributed by atoms with Gasteiger partial charge in [0, 0.05) is 50.3 Å². The number of piperidine rings is 1. The van der Waals surface area contributed by atoms with E-state index in [1.807, 2.05) is 11.6 Å². The molecule has 2 N–H and O–H groups in total. The van der Waals surface area contributed by atoms with Crippen molar-refractivity contribution < 1.29 is 0 Å². The van der Waals surface area contributed by atoms with Gasteiger partial charge < -0.3 is 15.5 Å². The minimum absolute atomic E-state index is 0.650. The van der Waals surface area contributed by atoms with E-state index in [1.165, 1.54) is 36.9 Å². The molecule has 29 heavy (non-hydrogen) atoms. The number of benzene rings is 1. The zero-order valence-electron chi connectivity index (χ0n) is 17.3. The molecular formula is C22H32N6S. The fraction of sp³-hybridized carbons (Fsp3) is 0.545. The molecule has 156 valence electrons. The Kier molecular flexibility index (Phi) is 6.67. The summed E-state index contributed by atoms with van der Waals surface area (Å²) >= 11 is 1.69. The molecule has 1 aromatic carbocycles. The Hall–Kier alpha value is -2.12. The SMILES string of the molecule is CC1CCCCN1Cc1ccccc1CN=C(N)N1CCN(c2nccs2)CC1. The Bertz CT molecular complexity index is 797. The van der Waals surface area contributed by atoms with Crippen molar-refractivity contribution in [1.82, 2.24) is 14.8 Å². The number of guanidine groups is 1. The van der Waals surface area contributed by atoms with Crippen LogP contribution in [-0.4, -0.2) is 59.5 Å². The summed E-state index contributed by atoms with van der Waals surface area (Å²) < 4.78 is 0. The first-order valence-corrected chi connectivity index (χ1v) is 11.6. The van der Waals surface area contributed by atoms with Gasteiger partial charge in [0.25, 0.3) is 0 Å². The lowest BCUT2D eigenvalue weighted by atomic mass is 10.0. The van der Waals surface area contributed by atoms with Gasteiger partial charge in [-0.3, -0.25) is 4.90 Å². The molecule has 1 atom stereocenters. The molecule has 2 aromatic rings. The van der Waals surface area contributed by atoms with E-state index in [9.17, 15) is 0 Å². The van der Waals surface area contributed by atoms with E-state index < -0.39 is 0 Å². The summed E-state index contributed by atoms with van der Waals surface area (Å²) in [5, 5.41) is 3.13. The second-order valence-electron chi connectivity index (χ2n) is 8.05. The number of nitrogens with zero attached hydrogens (tertiary/aromatic N) is 5. The van der Waals surface area contributed by atoms with Gasteiger partial charge in [0.1, 0.15) is 0 Å². The fourth-order valence-corrected chi connectivity index (χ4v) is 4.94. The molecular weight excluding hydrogens is 380 g/mol. The van der Waals surface area contributed by atoms with Crippen molar-refractivity contribution in [2.24, 2.45) is 10.7 Å². The van der Waals surface area contributed by atoms with Crippen molar-refractivity contribution >= 4 is 22.4 Å². The number of likely N-dealkylation sites (tertiary alicyclic amines) is 1. The zero-order chi connectivity index (χ0) is 20.1. The van der Waals surface area contributed by atoms with Crippen LogP contribution in [0.25, 0.3) is 0 Å². The lowest BCUT2D eigenvalue weighted by molar-refractivity contribution is 0.152. The van der Waals surface area contributed by atoms with Crippen molar-refractivity contribution in [2.75, 3.05) is 37.6 Å². The largest absolute Gasteiger partial charge is 0.370 e. The van der Waals surface area contributed by atoms with Crippen molar-refractivity contribution in [2.45, 2.75) is 45.3 Å². The zero-order valence-corrected chi connectivity index (χ0v) is 18.2. The van der Waals surface area contributed by atoms with Gasteiger partial charge in [-0.05, 0) is 37.4 Å². The molecule has 7 heteroatoms. The van der Waals surface area contributed by atoms with Gasteiger partial charge in [0.2, 0.25) is 0 Å². The van der Waals surface area contributed by atoms with E-state index in [2.05, 4.69) is 50.9 Å². The summed E-state index contributed by atoms with van der Waals surface area (Å²) in [7, 11) is 0. The van der Waals surface area contributed by atoms with Crippen molar-refractivity contribution in [1.29, 1.82) is 0 Å². The molecule has 2 fully saturated rings. The maximum Gasteiger partial charge on any atom is 0.191 e. The number of hydrogen-bond donors (Lipinski definition) is 1. The summed E-state index contributed by atoms with van der Waals surface area (Å²) in [4.78, 5) is 16.3. The predicted octanol–water partition coefficient (Wildman–Crippen LogP) is 3.15.